The molecule has 2 heterocycles. The summed E-state index contributed by atoms with van der Waals surface area (Å²) in [5.41, 5.74) is 1.49. The van der Waals surface area contributed by atoms with E-state index < -0.39 is 0 Å². The molecular formula is C17H23N3O2S. The average Bonchev–Trinajstić information content (AvgIpc) is 3.15. The highest BCUT2D eigenvalue weighted by Gasteiger charge is 2.30. The third-order valence-corrected chi connectivity index (χ3v) is 5.93. The highest BCUT2D eigenvalue weighted by atomic mass is 32.1. The Morgan fingerprint density at radius 3 is 3.04 bits per heavy atom. The maximum atomic E-state index is 13.1. The van der Waals surface area contributed by atoms with Crippen LogP contribution in [0.25, 0.3) is 10.2 Å². The molecule has 0 aromatic carbocycles. The standard InChI is InChI=1S/C17H23N3O2S/c1-22-9-3-8-18-10-14-19-16-15(12-4-2-5-13(12)23-16)17(21)20(14)11-6-7-11/h11,18H,2-10H2,1H3. The summed E-state index contributed by atoms with van der Waals surface area (Å²) in [6, 6.07) is 0.368. The predicted octanol–water partition coefficient (Wildman–Crippen LogP) is 2.41. The lowest BCUT2D eigenvalue weighted by atomic mass is 10.2. The number of aromatic nitrogens is 2. The first-order chi connectivity index (χ1) is 11.3. The number of aryl methyl sites for hydroxylation is 2. The quantitative estimate of drug-likeness (QED) is 0.791. The Hall–Kier alpha value is -1.24. The molecule has 1 fully saturated rings. The van der Waals surface area contributed by atoms with Gasteiger partial charge in [-0.2, -0.15) is 0 Å². The maximum absolute atomic E-state index is 13.1. The zero-order valence-electron chi connectivity index (χ0n) is 13.6. The second kappa shape index (κ2) is 6.34. The lowest BCUT2D eigenvalue weighted by Gasteiger charge is -2.12. The summed E-state index contributed by atoms with van der Waals surface area (Å²) in [5.74, 6) is 0.905. The van der Waals surface area contributed by atoms with Crippen LogP contribution in [0.2, 0.25) is 0 Å². The van der Waals surface area contributed by atoms with Gasteiger partial charge in [-0.05, 0) is 50.6 Å². The Morgan fingerprint density at radius 2 is 2.26 bits per heavy atom. The van der Waals surface area contributed by atoms with Crippen LogP contribution in [0.5, 0.6) is 0 Å². The van der Waals surface area contributed by atoms with Crippen LogP contribution in [0.1, 0.15) is 48.0 Å². The largest absolute Gasteiger partial charge is 0.385 e. The van der Waals surface area contributed by atoms with Crippen molar-refractivity contribution in [1.82, 2.24) is 14.9 Å². The molecule has 0 saturated heterocycles. The van der Waals surface area contributed by atoms with Crippen molar-refractivity contribution in [3.63, 3.8) is 0 Å². The summed E-state index contributed by atoms with van der Waals surface area (Å²) in [6.07, 6.45) is 6.53. The van der Waals surface area contributed by atoms with Crippen molar-refractivity contribution < 1.29 is 4.74 Å². The number of ether oxygens (including phenoxy) is 1. The summed E-state index contributed by atoms with van der Waals surface area (Å²) in [5, 5.41) is 4.32. The molecule has 0 amide bonds. The number of thiophene rings is 1. The summed E-state index contributed by atoms with van der Waals surface area (Å²) < 4.78 is 7.04. The molecule has 0 radical (unpaired) electrons. The molecule has 5 nitrogen and oxygen atoms in total. The first-order valence-corrected chi connectivity index (χ1v) is 9.36. The molecule has 1 saturated carbocycles. The molecule has 0 atom stereocenters. The zero-order chi connectivity index (χ0) is 15.8. The molecule has 0 spiro atoms. The first-order valence-electron chi connectivity index (χ1n) is 8.55. The number of rotatable bonds is 7. The molecule has 23 heavy (non-hydrogen) atoms. The van der Waals surface area contributed by atoms with Crippen LogP contribution in [0.3, 0.4) is 0 Å². The fraction of sp³-hybridized carbons (Fsp3) is 0.647. The number of fused-ring (bicyclic) bond motifs is 3. The van der Waals surface area contributed by atoms with E-state index in [2.05, 4.69) is 5.32 Å². The van der Waals surface area contributed by atoms with Gasteiger partial charge in [0.1, 0.15) is 10.7 Å². The van der Waals surface area contributed by atoms with Crippen molar-refractivity contribution in [2.45, 2.75) is 51.1 Å². The Labute approximate surface area is 139 Å². The number of nitrogens with zero attached hydrogens (tertiary/aromatic N) is 2. The highest BCUT2D eigenvalue weighted by Crippen LogP contribution is 2.38. The second-order valence-corrected chi connectivity index (χ2v) is 7.58. The van der Waals surface area contributed by atoms with Crippen molar-refractivity contribution >= 4 is 21.6 Å². The van der Waals surface area contributed by atoms with Crippen molar-refractivity contribution in [2.75, 3.05) is 20.3 Å². The lowest BCUT2D eigenvalue weighted by Crippen LogP contribution is -2.28. The molecule has 2 aromatic heterocycles. The molecule has 2 aliphatic carbocycles. The van der Waals surface area contributed by atoms with E-state index in [0.717, 1.165) is 61.3 Å². The van der Waals surface area contributed by atoms with Crippen LogP contribution in [-0.4, -0.2) is 29.8 Å². The molecule has 0 unspecified atom stereocenters. The first kappa shape index (κ1) is 15.3. The monoisotopic (exact) mass is 333 g/mol. The van der Waals surface area contributed by atoms with Crippen LogP contribution in [0.15, 0.2) is 4.79 Å². The normalized spacial score (nSPS) is 17.1. The number of nitrogens with one attached hydrogen (secondary N) is 1. The van der Waals surface area contributed by atoms with Crippen molar-refractivity contribution in [3.05, 3.63) is 26.6 Å². The Kier molecular flexibility index (Phi) is 4.22. The van der Waals surface area contributed by atoms with Crippen molar-refractivity contribution in [2.24, 2.45) is 0 Å². The van der Waals surface area contributed by atoms with Gasteiger partial charge in [0.15, 0.2) is 0 Å². The Balaban J connectivity index is 1.66. The SMILES string of the molecule is COCCCNCc1nc2sc3c(c2c(=O)n1C1CC1)CCC3. The Morgan fingerprint density at radius 1 is 1.39 bits per heavy atom. The fourth-order valence-corrected chi connectivity index (χ4v) is 4.74. The molecule has 0 aliphatic heterocycles. The third-order valence-electron chi connectivity index (χ3n) is 4.74. The van der Waals surface area contributed by atoms with Crippen LogP contribution in [0, 0.1) is 0 Å². The smallest absolute Gasteiger partial charge is 0.262 e. The van der Waals surface area contributed by atoms with Crippen LogP contribution >= 0.6 is 11.3 Å². The van der Waals surface area contributed by atoms with E-state index in [-0.39, 0.29) is 5.56 Å². The van der Waals surface area contributed by atoms with E-state index in [1.165, 1.54) is 16.9 Å². The van der Waals surface area contributed by atoms with E-state index in [4.69, 9.17) is 9.72 Å². The highest BCUT2D eigenvalue weighted by molar-refractivity contribution is 7.18. The zero-order valence-corrected chi connectivity index (χ0v) is 14.4. The third kappa shape index (κ3) is 2.84. The number of hydrogen-bond donors (Lipinski definition) is 1. The van der Waals surface area contributed by atoms with Gasteiger partial charge in [0, 0.05) is 24.6 Å². The minimum Gasteiger partial charge on any atom is -0.385 e. The van der Waals surface area contributed by atoms with E-state index in [1.807, 2.05) is 4.57 Å². The molecule has 4 rings (SSSR count). The molecule has 2 aliphatic rings. The van der Waals surface area contributed by atoms with Gasteiger partial charge in [0.05, 0.1) is 11.9 Å². The van der Waals surface area contributed by atoms with Crippen LogP contribution in [-0.2, 0) is 24.1 Å². The van der Waals surface area contributed by atoms with Gasteiger partial charge in [-0.3, -0.25) is 9.36 Å². The molecule has 6 heteroatoms. The van der Waals surface area contributed by atoms with E-state index in [0.29, 0.717) is 12.6 Å². The average molecular weight is 333 g/mol. The minimum absolute atomic E-state index is 0.200. The van der Waals surface area contributed by atoms with Crippen LogP contribution in [0.4, 0.5) is 0 Å². The van der Waals surface area contributed by atoms with E-state index in [1.54, 1.807) is 18.4 Å². The molecule has 2 aromatic rings. The van der Waals surface area contributed by atoms with E-state index >= 15 is 0 Å². The van der Waals surface area contributed by atoms with Crippen molar-refractivity contribution in [1.29, 1.82) is 0 Å². The lowest BCUT2D eigenvalue weighted by molar-refractivity contribution is 0.194. The van der Waals surface area contributed by atoms with Crippen LogP contribution < -0.4 is 10.9 Å². The second-order valence-electron chi connectivity index (χ2n) is 6.49. The topological polar surface area (TPSA) is 56.1 Å². The maximum Gasteiger partial charge on any atom is 0.262 e. The van der Waals surface area contributed by atoms with Gasteiger partial charge in [0.25, 0.3) is 5.56 Å². The summed E-state index contributed by atoms with van der Waals surface area (Å²) >= 11 is 1.73. The summed E-state index contributed by atoms with van der Waals surface area (Å²) in [6.45, 7) is 2.30. The van der Waals surface area contributed by atoms with Gasteiger partial charge < -0.3 is 10.1 Å². The van der Waals surface area contributed by atoms with Gasteiger partial charge in [-0.25, -0.2) is 4.98 Å². The number of methoxy groups -OCH3 is 1. The van der Waals surface area contributed by atoms with Gasteiger partial charge in [-0.15, -0.1) is 11.3 Å². The molecule has 0 bridgehead atoms. The fourth-order valence-electron chi connectivity index (χ4n) is 3.47. The summed E-state index contributed by atoms with van der Waals surface area (Å²) in [4.78, 5) is 20.3. The van der Waals surface area contributed by atoms with Gasteiger partial charge in [-0.1, -0.05) is 0 Å². The molecule has 124 valence electrons. The van der Waals surface area contributed by atoms with Crippen molar-refractivity contribution in [3.8, 4) is 0 Å². The van der Waals surface area contributed by atoms with Gasteiger partial charge in [0.2, 0.25) is 0 Å². The minimum atomic E-state index is 0.200. The van der Waals surface area contributed by atoms with Gasteiger partial charge >= 0.3 is 0 Å². The molecular weight excluding hydrogens is 310 g/mol. The predicted molar refractivity (Wildman–Crippen MR) is 92.4 cm³/mol. The Bertz CT molecular complexity index is 776. The molecule has 1 N–H and O–H groups in total. The van der Waals surface area contributed by atoms with E-state index in [9.17, 15) is 4.79 Å². The summed E-state index contributed by atoms with van der Waals surface area (Å²) in [7, 11) is 1.72. The number of hydrogen-bond acceptors (Lipinski definition) is 5.